The lowest BCUT2D eigenvalue weighted by Gasteiger charge is -2.50. The molecule has 4 nitrogen and oxygen atoms in total. The van der Waals surface area contributed by atoms with E-state index in [1.54, 1.807) is 0 Å². The first kappa shape index (κ1) is 19.7. The highest BCUT2D eigenvalue weighted by Gasteiger charge is 2.46. The van der Waals surface area contributed by atoms with Gasteiger partial charge in [0.1, 0.15) is 5.60 Å². The zero-order chi connectivity index (χ0) is 20.0. The van der Waals surface area contributed by atoms with Crippen LogP contribution in [0.4, 0.5) is 4.79 Å². The standard InChI is InChI=1S/C23H32N2O2/c1-22(2,3)17-12-18(13-17)25(21(26)27-23(4,5)6)20-10-8-16-11-15(14-24)7-9-19(16)20/h7,9,11,17-18,20H,8,10,12-13H2,1-6H3. The van der Waals surface area contributed by atoms with Crippen LogP contribution in [0.1, 0.15) is 83.5 Å². The minimum Gasteiger partial charge on any atom is -0.444 e. The summed E-state index contributed by atoms with van der Waals surface area (Å²) in [6.45, 7) is 12.6. The molecule has 0 heterocycles. The first-order valence-corrected chi connectivity index (χ1v) is 10.0. The third-order valence-corrected chi connectivity index (χ3v) is 5.99. The average molecular weight is 369 g/mol. The second-order valence-electron chi connectivity index (χ2n) is 10.2. The monoisotopic (exact) mass is 368 g/mol. The molecule has 1 fully saturated rings. The maximum Gasteiger partial charge on any atom is 0.411 e. The second-order valence-corrected chi connectivity index (χ2v) is 10.2. The van der Waals surface area contributed by atoms with Crippen molar-refractivity contribution in [3.63, 3.8) is 0 Å². The molecule has 27 heavy (non-hydrogen) atoms. The van der Waals surface area contributed by atoms with E-state index in [4.69, 9.17) is 10.00 Å². The molecule has 0 bridgehead atoms. The van der Waals surface area contributed by atoms with Crippen molar-refractivity contribution in [2.75, 3.05) is 0 Å². The number of nitriles is 1. The summed E-state index contributed by atoms with van der Waals surface area (Å²) in [5.74, 6) is 0.634. The quantitative estimate of drug-likeness (QED) is 0.682. The van der Waals surface area contributed by atoms with Gasteiger partial charge in [-0.25, -0.2) is 4.79 Å². The normalized spacial score (nSPS) is 24.6. The smallest absolute Gasteiger partial charge is 0.411 e. The van der Waals surface area contributed by atoms with E-state index in [2.05, 4.69) is 26.8 Å². The fourth-order valence-corrected chi connectivity index (χ4v) is 4.32. The lowest BCUT2D eigenvalue weighted by Crippen LogP contribution is -2.52. The van der Waals surface area contributed by atoms with Crippen LogP contribution in [0.5, 0.6) is 0 Å². The summed E-state index contributed by atoms with van der Waals surface area (Å²) in [7, 11) is 0. The Bertz CT molecular complexity index is 758. The van der Waals surface area contributed by atoms with Crippen LogP contribution < -0.4 is 0 Å². The van der Waals surface area contributed by atoms with Crippen molar-refractivity contribution < 1.29 is 9.53 Å². The largest absolute Gasteiger partial charge is 0.444 e. The first-order chi connectivity index (χ1) is 12.5. The summed E-state index contributed by atoms with van der Waals surface area (Å²) in [6, 6.07) is 8.37. The van der Waals surface area contributed by atoms with E-state index in [9.17, 15) is 4.79 Å². The van der Waals surface area contributed by atoms with Gasteiger partial charge in [0.2, 0.25) is 0 Å². The van der Waals surface area contributed by atoms with Gasteiger partial charge in [-0.2, -0.15) is 5.26 Å². The molecule has 1 atom stereocenters. The predicted octanol–water partition coefficient (Wildman–Crippen LogP) is 5.61. The van der Waals surface area contributed by atoms with E-state index < -0.39 is 5.60 Å². The first-order valence-electron chi connectivity index (χ1n) is 10.0. The van der Waals surface area contributed by atoms with Gasteiger partial charge in [-0.1, -0.05) is 26.8 Å². The van der Waals surface area contributed by atoms with E-state index >= 15 is 0 Å². The van der Waals surface area contributed by atoms with Gasteiger partial charge in [-0.3, -0.25) is 4.90 Å². The summed E-state index contributed by atoms with van der Waals surface area (Å²) in [4.78, 5) is 15.1. The zero-order valence-corrected chi connectivity index (χ0v) is 17.5. The van der Waals surface area contributed by atoms with Crippen LogP contribution in [0.3, 0.4) is 0 Å². The van der Waals surface area contributed by atoms with Crippen molar-refractivity contribution in [1.29, 1.82) is 5.26 Å². The lowest BCUT2D eigenvalue weighted by atomic mass is 9.65. The summed E-state index contributed by atoms with van der Waals surface area (Å²) in [5.41, 5.74) is 2.83. The summed E-state index contributed by atoms with van der Waals surface area (Å²) in [6.07, 6.45) is 3.67. The molecule has 0 N–H and O–H groups in total. The molecule has 1 aromatic carbocycles. The van der Waals surface area contributed by atoms with Gasteiger partial charge in [-0.15, -0.1) is 0 Å². The Morgan fingerprint density at radius 1 is 1.19 bits per heavy atom. The summed E-state index contributed by atoms with van der Waals surface area (Å²) in [5, 5.41) is 9.17. The van der Waals surface area contributed by atoms with Gasteiger partial charge >= 0.3 is 6.09 Å². The van der Waals surface area contributed by atoms with Crippen molar-refractivity contribution in [2.24, 2.45) is 11.3 Å². The van der Waals surface area contributed by atoms with Crippen LogP contribution in [0.2, 0.25) is 0 Å². The molecular formula is C23H32N2O2. The fourth-order valence-electron chi connectivity index (χ4n) is 4.32. The lowest BCUT2D eigenvalue weighted by molar-refractivity contribution is -0.0323. The van der Waals surface area contributed by atoms with Crippen LogP contribution in [0, 0.1) is 22.7 Å². The third kappa shape index (κ3) is 4.13. The summed E-state index contributed by atoms with van der Waals surface area (Å²) < 4.78 is 5.78. The molecule has 0 aromatic heterocycles. The molecule has 0 radical (unpaired) electrons. The fraction of sp³-hybridized carbons (Fsp3) is 0.652. The number of hydrogen-bond acceptors (Lipinski definition) is 3. The Morgan fingerprint density at radius 2 is 1.85 bits per heavy atom. The molecule has 3 rings (SSSR count). The number of hydrogen-bond donors (Lipinski definition) is 0. The van der Waals surface area contributed by atoms with Gasteiger partial charge in [0.05, 0.1) is 17.7 Å². The molecule has 146 valence electrons. The molecular weight excluding hydrogens is 336 g/mol. The van der Waals surface area contributed by atoms with Gasteiger partial charge in [-0.05, 0) is 81.0 Å². The molecule has 4 heteroatoms. The highest BCUT2D eigenvalue weighted by molar-refractivity contribution is 5.70. The molecule has 1 unspecified atom stereocenters. The molecule has 0 saturated heterocycles. The number of amides is 1. The number of ether oxygens (including phenoxy) is 1. The van der Waals surface area contributed by atoms with E-state index in [1.165, 1.54) is 11.1 Å². The van der Waals surface area contributed by atoms with Crippen molar-refractivity contribution in [3.8, 4) is 6.07 Å². The molecule has 1 aromatic rings. The maximum atomic E-state index is 13.1. The number of benzene rings is 1. The number of carbonyl (C=O) groups excluding carboxylic acids is 1. The van der Waals surface area contributed by atoms with Crippen LogP contribution in [0.25, 0.3) is 0 Å². The van der Waals surface area contributed by atoms with Gasteiger partial charge in [0, 0.05) is 6.04 Å². The highest BCUT2D eigenvalue weighted by Crippen LogP contribution is 2.48. The number of rotatable bonds is 2. The molecule has 0 aliphatic heterocycles. The van der Waals surface area contributed by atoms with Gasteiger partial charge < -0.3 is 4.74 Å². The Balaban J connectivity index is 1.86. The molecule has 1 amide bonds. The van der Waals surface area contributed by atoms with Crippen molar-refractivity contribution in [2.45, 2.75) is 84.9 Å². The second kappa shape index (κ2) is 6.86. The molecule has 2 aliphatic carbocycles. The number of nitrogens with zero attached hydrogens (tertiary/aromatic N) is 2. The molecule has 1 saturated carbocycles. The third-order valence-electron chi connectivity index (χ3n) is 5.99. The van der Waals surface area contributed by atoms with Crippen molar-refractivity contribution in [1.82, 2.24) is 4.90 Å². The molecule has 0 spiro atoms. The number of carbonyl (C=O) groups is 1. The van der Waals surface area contributed by atoms with Crippen LogP contribution >= 0.6 is 0 Å². The topological polar surface area (TPSA) is 53.3 Å². The van der Waals surface area contributed by atoms with Gasteiger partial charge in [0.25, 0.3) is 0 Å². The van der Waals surface area contributed by atoms with Crippen LogP contribution in [-0.2, 0) is 11.2 Å². The van der Waals surface area contributed by atoms with E-state index in [1.807, 2.05) is 43.9 Å². The minimum atomic E-state index is -0.505. The highest BCUT2D eigenvalue weighted by atomic mass is 16.6. The number of fused-ring (bicyclic) bond motifs is 1. The Hall–Kier alpha value is -2.02. The predicted molar refractivity (Wildman–Crippen MR) is 106 cm³/mol. The van der Waals surface area contributed by atoms with E-state index in [0.29, 0.717) is 11.5 Å². The molecule has 2 aliphatic rings. The minimum absolute atomic E-state index is 0.0495. The SMILES string of the molecule is CC(C)(C)OC(=O)N(C1CC(C(C)(C)C)C1)C1CCc2cc(C#N)ccc21. The van der Waals surface area contributed by atoms with Crippen LogP contribution in [0.15, 0.2) is 18.2 Å². The zero-order valence-electron chi connectivity index (χ0n) is 17.5. The average Bonchev–Trinajstić information content (AvgIpc) is 2.89. The Morgan fingerprint density at radius 3 is 2.41 bits per heavy atom. The van der Waals surface area contributed by atoms with E-state index in [0.717, 1.165) is 25.7 Å². The Kier molecular flexibility index (Phi) is 5.01. The maximum absolute atomic E-state index is 13.1. The van der Waals surface area contributed by atoms with Crippen molar-refractivity contribution >= 4 is 6.09 Å². The van der Waals surface area contributed by atoms with Crippen molar-refractivity contribution in [3.05, 3.63) is 34.9 Å². The van der Waals surface area contributed by atoms with Gasteiger partial charge in [0.15, 0.2) is 0 Å². The number of aryl methyl sites for hydroxylation is 1. The Labute approximate surface area is 163 Å². The summed E-state index contributed by atoms with van der Waals surface area (Å²) >= 11 is 0. The van der Waals surface area contributed by atoms with E-state index in [-0.39, 0.29) is 23.6 Å². The van der Waals surface area contributed by atoms with Crippen LogP contribution in [-0.4, -0.2) is 22.6 Å².